The first-order chi connectivity index (χ1) is 10.8. The fourth-order valence-corrected chi connectivity index (χ4v) is 2.35. The van der Waals surface area contributed by atoms with Crippen LogP contribution in [0.5, 0.6) is 0 Å². The zero-order chi connectivity index (χ0) is 15.4. The van der Waals surface area contributed by atoms with E-state index in [1.165, 1.54) is 0 Å². The number of nitrogens with zero attached hydrogens (tertiary/aromatic N) is 4. The predicted octanol–water partition coefficient (Wildman–Crippen LogP) is 3.64. The van der Waals surface area contributed by atoms with Crippen molar-refractivity contribution >= 4 is 5.82 Å². The molecule has 5 nitrogen and oxygen atoms in total. The van der Waals surface area contributed by atoms with E-state index in [1.807, 2.05) is 42.5 Å². The summed E-state index contributed by atoms with van der Waals surface area (Å²) >= 11 is 0. The standard InChI is InChI=1S/C17H18N4O/c1-3-21(4-2)17-15(13-9-6-5-7-10-13)19-20-16(18-17)14-11-8-12-22-14/h5-12H,3-4H2,1-2H3. The van der Waals surface area contributed by atoms with Gasteiger partial charge in [0.05, 0.1) is 6.26 Å². The van der Waals surface area contributed by atoms with Crippen molar-refractivity contribution in [1.82, 2.24) is 15.2 Å². The molecular formula is C17H18N4O. The van der Waals surface area contributed by atoms with Gasteiger partial charge in [-0.1, -0.05) is 30.3 Å². The van der Waals surface area contributed by atoms with Crippen LogP contribution in [0.1, 0.15) is 13.8 Å². The highest BCUT2D eigenvalue weighted by atomic mass is 16.3. The molecule has 22 heavy (non-hydrogen) atoms. The summed E-state index contributed by atoms with van der Waals surface area (Å²) < 4.78 is 5.38. The molecule has 0 bridgehead atoms. The van der Waals surface area contributed by atoms with Crippen LogP contribution in [0.25, 0.3) is 22.8 Å². The van der Waals surface area contributed by atoms with Crippen LogP contribution in [0.3, 0.4) is 0 Å². The number of aromatic nitrogens is 3. The summed E-state index contributed by atoms with van der Waals surface area (Å²) in [7, 11) is 0. The van der Waals surface area contributed by atoms with E-state index < -0.39 is 0 Å². The van der Waals surface area contributed by atoms with Gasteiger partial charge in [-0.05, 0) is 26.0 Å². The first-order valence-corrected chi connectivity index (χ1v) is 7.42. The fourth-order valence-electron chi connectivity index (χ4n) is 2.35. The Morgan fingerprint density at radius 1 is 0.955 bits per heavy atom. The second-order valence-corrected chi connectivity index (χ2v) is 4.82. The van der Waals surface area contributed by atoms with E-state index in [0.29, 0.717) is 11.6 Å². The first-order valence-electron chi connectivity index (χ1n) is 7.42. The van der Waals surface area contributed by atoms with Crippen molar-refractivity contribution in [3.05, 3.63) is 48.7 Å². The quantitative estimate of drug-likeness (QED) is 0.719. The normalized spacial score (nSPS) is 10.6. The predicted molar refractivity (Wildman–Crippen MR) is 86.5 cm³/mol. The van der Waals surface area contributed by atoms with Crippen molar-refractivity contribution in [3.8, 4) is 22.8 Å². The second-order valence-electron chi connectivity index (χ2n) is 4.82. The third-order valence-corrected chi connectivity index (χ3v) is 3.52. The number of hydrogen-bond acceptors (Lipinski definition) is 5. The van der Waals surface area contributed by atoms with E-state index in [-0.39, 0.29) is 0 Å². The average molecular weight is 294 g/mol. The molecule has 0 unspecified atom stereocenters. The highest BCUT2D eigenvalue weighted by Gasteiger charge is 2.17. The lowest BCUT2D eigenvalue weighted by Crippen LogP contribution is -2.24. The van der Waals surface area contributed by atoms with Crippen LogP contribution in [-0.2, 0) is 0 Å². The molecular weight excluding hydrogens is 276 g/mol. The number of benzene rings is 1. The highest BCUT2D eigenvalue weighted by Crippen LogP contribution is 2.28. The molecule has 0 aliphatic carbocycles. The molecule has 1 aromatic carbocycles. The minimum Gasteiger partial charge on any atom is -0.461 e. The highest BCUT2D eigenvalue weighted by molar-refractivity contribution is 5.72. The summed E-state index contributed by atoms with van der Waals surface area (Å²) in [4.78, 5) is 6.86. The van der Waals surface area contributed by atoms with Crippen molar-refractivity contribution in [1.29, 1.82) is 0 Å². The van der Waals surface area contributed by atoms with Gasteiger partial charge in [0.25, 0.3) is 0 Å². The maximum Gasteiger partial charge on any atom is 0.219 e. The van der Waals surface area contributed by atoms with Crippen LogP contribution in [0.2, 0.25) is 0 Å². The molecule has 2 aromatic heterocycles. The van der Waals surface area contributed by atoms with Gasteiger partial charge in [0.15, 0.2) is 11.6 Å². The Balaban J connectivity index is 2.13. The maximum atomic E-state index is 5.38. The number of anilines is 1. The van der Waals surface area contributed by atoms with Crippen molar-refractivity contribution in [3.63, 3.8) is 0 Å². The smallest absolute Gasteiger partial charge is 0.219 e. The molecule has 0 saturated heterocycles. The topological polar surface area (TPSA) is 55.1 Å². The molecule has 0 spiro atoms. The molecule has 112 valence electrons. The lowest BCUT2D eigenvalue weighted by atomic mass is 10.1. The summed E-state index contributed by atoms with van der Waals surface area (Å²) in [6.45, 7) is 5.92. The van der Waals surface area contributed by atoms with Gasteiger partial charge in [-0.15, -0.1) is 10.2 Å². The maximum absolute atomic E-state index is 5.38. The summed E-state index contributed by atoms with van der Waals surface area (Å²) in [5.74, 6) is 1.96. The van der Waals surface area contributed by atoms with Crippen LogP contribution in [-0.4, -0.2) is 28.3 Å². The Kier molecular flexibility index (Phi) is 4.14. The molecule has 0 aliphatic heterocycles. The number of hydrogen-bond donors (Lipinski definition) is 0. The Bertz CT molecular complexity index is 722. The molecule has 0 radical (unpaired) electrons. The van der Waals surface area contributed by atoms with Crippen molar-refractivity contribution in [2.75, 3.05) is 18.0 Å². The molecule has 0 saturated carbocycles. The van der Waals surface area contributed by atoms with Gasteiger partial charge >= 0.3 is 0 Å². The molecule has 0 fully saturated rings. The zero-order valence-electron chi connectivity index (χ0n) is 12.7. The molecule has 3 aromatic rings. The molecule has 0 N–H and O–H groups in total. The molecule has 0 atom stereocenters. The second kappa shape index (κ2) is 6.39. The summed E-state index contributed by atoms with van der Waals surface area (Å²) in [6, 6.07) is 13.7. The van der Waals surface area contributed by atoms with Crippen molar-refractivity contribution in [2.45, 2.75) is 13.8 Å². The third kappa shape index (κ3) is 2.70. The molecule has 5 heteroatoms. The Morgan fingerprint density at radius 3 is 2.36 bits per heavy atom. The fraction of sp³-hybridized carbons (Fsp3) is 0.235. The van der Waals surface area contributed by atoms with Gasteiger partial charge in [0.1, 0.15) is 5.69 Å². The Hall–Kier alpha value is -2.69. The minimum atomic E-state index is 0.506. The van der Waals surface area contributed by atoms with Gasteiger partial charge in [-0.3, -0.25) is 0 Å². The van der Waals surface area contributed by atoms with Gasteiger partial charge < -0.3 is 9.32 Å². The lowest BCUT2D eigenvalue weighted by Gasteiger charge is -2.22. The number of furan rings is 1. The van der Waals surface area contributed by atoms with Crippen LogP contribution in [0.4, 0.5) is 5.82 Å². The van der Waals surface area contributed by atoms with Crippen LogP contribution < -0.4 is 4.90 Å². The minimum absolute atomic E-state index is 0.506. The molecule has 3 rings (SSSR count). The zero-order valence-corrected chi connectivity index (χ0v) is 12.7. The van der Waals surface area contributed by atoms with Crippen LogP contribution in [0.15, 0.2) is 53.1 Å². The van der Waals surface area contributed by atoms with Gasteiger partial charge in [0.2, 0.25) is 5.82 Å². The van der Waals surface area contributed by atoms with E-state index in [0.717, 1.165) is 30.2 Å². The third-order valence-electron chi connectivity index (χ3n) is 3.52. The summed E-state index contributed by atoms with van der Waals surface area (Å²) in [5, 5.41) is 8.64. The molecule has 2 heterocycles. The summed E-state index contributed by atoms with van der Waals surface area (Å²) in [5.41, 5.74) is 1.80. The van der Waals surface area contributed by atoms with Crippen molar-refractivity contribution < 1.29 is 4.42 Å². The molecule has 0 amide bonds. The van der Waals surface area contributed by atoms with Gasteiger partial charge in [-0.2, -0.15) is 0 Å². The van der Waals surface area contributed by atoms with E-state index in [2.05, 4.69) is 28.9 Å². The van der Waals surface area contributed by atoms with Crippen LogP contribution in [0, 0.1) is 0 Å². The van der Waals surface area contributed by atoms with E-state index in [4.69, 9.17) is 9.40 Å². The van der Waals surface area contributed by atoms with Crippen LogP contribution >= 0.6 is 0 Å². The average Bonchev–Trinajstić information content (AvgIpc) is 3.11. The Morgan fingerprint density at radius 2 is 1.73 bits per heavy atom. The van der Waals surface area contributed by atoms with E-state index in [1.54, 1.807) is 6.26 Å². The van der Waals surface area contributed by atoms with E-state index in [9.17, 15) is 0 Å². The lowest BCUT2D eigenvalue weighted by molar-refractivity contribution is 0.575. The Labute approximate surface area is 129 Å². The largest absolute Gasteiger partial charge is 0.461 e. The van der Waals surface area contributed by atoms with E-state index >= 15 is 0 Å². The molecule has 0 aliphatic rings. The SMILES string of the molecule is CCN(CC)c1nc(-c2ccco2)nnc1-c1ccccc1. The van der Waals surface area contributed by atoms with Gasteiger partial charge in [-0.25, -0.2) is 4.98 Å². The number of rotatable bonds is 5. The van der Waals surface area contributed by atoms with Gasteiger partial charge in [0, 0.05) is 18.7 Å². The monoisotopic (exact) mass is 294 g/mol. The summed E-state index contributed by atoms with van der Waals surface area (Å²) in [6.07, 6.45) is 1.61. The first kappa shape index (κ1) is 14.3. The van der Waals surface area contributed by atoms with Crippen molar-refractivity contribution in [2.24, 2.45) is 0 Å².